The van der Waals surface area contributed by atoms with Gasteiger partial charge in [-0.25, -0.2) is 4.79 Å². The predicted octanol–water partition coefficient (Wildman–Crippen LogP) is 1.70. The summed E-state index contributed by atoms with van der Waals surface area (Å²) in [5.74, 6) is -0.337. The Kier molecular flexibility index (Phi) is 3.52. The lowest BCUT2D eigenvalue weighted by molar-refractivity contribution is -0.145. The number of rotatable bonds is 1. The molecule has 2 saturated heterocycles. The van der Waals surface area contributed by atoms with Crippen LogP contribution < -0.4 is 10.1 Å². The van der Waals surface area contributed by atoms with Crippen molar-refractivity contribution in [2.24, 2.45) is 0 Å². The van der Waals surface area contributed by atoms with Crippen molar-refractivity contribution in [2.75, 3.05) is 25.1 Å². The van der Waals surface area contributed by atoms with Crippen molar-refractivity contribution in [2.45, 2.75) is 24.8 Å². The summed E-state index contributed by atoms with van der Waals surface area (Å²) in [5, 5.41) is 2.70. The lowest BCUT2D eigenvalue weighted by Crippen LogP contribution is -2.50. The van der Waals surface area contributed by atoms with Gasteiger partial charge in [0.2, 0.25) is 0 Å². The molecule has 2 fully saturated rings. The highest BCUT2D eigenvalue weighted by molar-refractivity contribution is 9.10. The number of amides is 2. The van der Waals surface area contributed by atoms with Gasteiger partial charge in [0.15, 0.2) is 6.61 Å². The van der Waals surface area contributed by atoms with Crippen LogP contribution in [0.15, 0.2) is 16.6 Å². The number of fused-ring (bicyclic) bond motifs is 1. The molecule has 1 aromatic rings. The van der Waals surface area contributed by atoms with Crippen molar-refractivity contribution < 1.29 is 23.9 Å². The molecule has 1 atom stereocenters. The molecule has 3 aliphatic rings. The van der Waals surface area contributed by atoms with E-state index < -0.39 is 5.54 Å². The monoisotopic (exact) mass is 394 g/mol. The topological polar surface area (TPSA) is 84.9 Å². The molecule has 7 nitrogen and oxygen atoms in total. The van der Waals surface area contributed by atoms with Crippen molar-refractivity contribution in [3.63, 3.8) is 0 Å². The van der Waals surface area contributed by atoms with Crippen LogP contribution in [0.25, 0.3) is 0 Å². The number of likely N-dealkylation sites (tertiary alicyclic amines) is 1. The summed E-state index contributed by atoms with van der Waals surface area (Å²) < 4.78 is 11.1. The summed E-state index contributed by atoms with van der Waals surface area (Å²) in [7, 11) is 0. The van der Waals surface area contributed by atoms with Crippen molar-refractivity contribution in [1.82, 2.24) is 4.90 Å². The van der Waals surface area contributed by atoms with Gasteiger partial charge in [-0.2, -0.15) is 0 Å². The second-order valence-electron chi connectivity index (χ2n) is 6.14. The van der Waals surface area contributed by atoms with Crippen molar-refractivity contribution in [3.05, 3.63) is 22.2 Å². The number of esters is 1. The summed E-state index contributed by atoms with van der Waals surface area (Å²) in [4.78, 5) is 38.3. The first kappa shape index (κ1) is 15.4. The van der Waals surface area contributed by atoms with Crippen LogP contribution in [0.3, 0.4) is 0 Å². The summed E-state index contributed by atoms with van der Waals surface area (Å²) >= 11 is 3.38. The van der Waals surface area contributed by atoms with Crippen LogP contribution in [0.4, 0.5) is 5.69 Å². The molecule has 1 aromatic carbocycles. The summed E-state index contributed by atoms with van der Waals surface area (Å²) in [6, 6.07) is 3.25. The van der Waals surface area contributed by atoms with Crippen LogP contribution in [0.1, 0.15) is 29.6 Å². The molecule has 1 unspecified atom stereocenters. The Labute approximate surface area is 146 Å². The van der Waals surface area contributed by atoms with Gasteiger partial charge < -0.3 is 19.7 Å². The minimum absolute atomic E-state index is 0.0811. The van der Waals surface area contributed by atoms with Gasteiger partial charge in [0.05, 0.1) is 17.9 Å². The van der Waals surface area contributed by atoms with Gasteiger partial charge in [0.25, 0.3) is 11.8 Å². The molecule has 1 N–H and O–H groups in total. The number of hydrogen-bond donors (Lipinski definition) is 1. The highest BCUT2D eigenvalue weighted by Gasteiger charge is 2.54. The molecule has 0 aliphatic carbocycles. The number of nitrogens with one attached hydrogen (secondary N) is 1. The number of ether oxygens (including phenoxy) is 2. The molecule has 0 saturated carbocycles. The number of halogens is 1. The van der Waals surface area contributed by atoms with E-state index in [2.05, 4.69) is 21.2 Å². The standard InChI is InChI=1S/C16H15BrN2O5/c17-10-7-11-12(24-8-13(20)18-11)6-9(10)14(21)19-4-1-2-16(19)3-5-23-15(16)22/h6-7H,1-5,8H2,(H,18,20). The van der Waals surface area contributed by atoms with Gasteiger partial charge in [-0.05, 0) is 40.9 Å². The van der Waals surface area contributed by atoms with E-state index in [9.17, 15) is 14.4 Å². The molecule has 4 rings (SSSR count). The Morgan fingerprint density at radius 3 is 2.83 bits per heavy atom. The van der Waals surface area contributed by atoms with Crippen LogP contribution in [0.2, 0.25) is 0 Å². The van der Waals surface area contributed by atoms with Crippen LogP contribution in [-0.4, -0.2) is 48.0 Å². The van der Waals surface area contributed by atoms with E-state index in [0.717, 1.165) is 6.42 Å². The molecule has 3 heterocycles. The minimum atomic E-state index is -0.832. The largest absolute Gasteiger partial charge is 0.482 e. The quantitative estimate of drug-likeness (QED) is 0.732. The number of nitrogens with zero attached hydrogens (tertiary/aromatic N) is 1. The van der Waals surface area contributed by atoms with Crippen LogP contribution in [0.5, 0.6) is 5.75 Å². The van der Waals surface area contributed by atoms with E-state index in [1.807, 2.05) is 0 Å². The van der Waals surface area contributed by atoms with Gasteiger partial charge >= 0.3 is 5.97 Å². The molecule has 0 aromatic heterocycles. The molecule has 8 heteroatoms. The van der Waals surface area contributed by atoms with Crippen molar-refractivity contribution in [1.29, 1.82) is 0 Å². The molecule has 1 spiro atoms. The van der Waals surface area contributed by atoms with E-state index >= 15 is 0 Å². The Morgan fingerprint density at radius 1 is 1.25 bits per heavy atom. The highest BCUT2D eigenvalue weighted by atomic mass is 79.9. The maximum absolute atomic E-state index is 13.1. The Morgan fingerprint density at radius 2 is 2.08 bits per heavy atom. The second kappa shape index (κ2) is 5.47. The first-order valence-electron chi connectivity index (χ1n) is 7.77. The van der Waals surface area contributed by atoms with Crippen LogP contribution >= 0.6 is 15.9 Å². The van der Waals surface area contributed by atoms with Gasteiger partial charge in [-0.3, -0.25) is 9.59 Å². The van der Waals surface area contributed by atoms with Gasteiger partial charge in [0.1, 0.15) is 11.3 Å². The molecule has 126 valence electrons. The Balaban J connectivity index is 1.70. The summed E-state index contributed by atoms with van der Waals surface area (Å²) in [6.07, 6.45) is 1.94. The van der Waals surface area contributed by atoms with E-state index in [-0.39, 0.29) is 24.4 Å². The molecule has 0 bridgehead atoms. The van der Waals surface area contributed by atoms with E-state index in [1.165, 1.54) is 0 Å². The number of benzene rings is 1. The Bertz CT molecular complexity index is 761. The number of hydrogen-bond acceptors (Lipinski definition) is 5. The average molecular weight is 395 g/mol. The maximum atomic E-state index is 13.1. The van der Waals surface area contributed by atoms with Gasteiger partial charge in [0, 0.05) is 17.4 Å². The number of cyclic esters (lactones) is 1. The maximum Gasteiger partial charge on any atom is 0.332 e. The Hall–Kier alpha value is -2.09. The third-order valence-electron chi connectivity index (χ3n) is 4.80. The third-order valence-corrected chi connectivity index (χ3v) is 5.45. The van der Waals surface area contributed by atoms with Crippen LogP contribution in [-0.2, 0) is 14.3 Å². The number of carbonyl (C=O) groups excluding carboxylic acids is 3. The zero-order valence-electron chi connectivity index (χ0n) is 12.8. The SMILES string of the molecule is O=C1COc2cc(C(=O)N3CCCC34CCOC4=O)c(Br)cc2N1. The highest BCUT2D eigenvalue weighted by Crippen LogP contribution is 2.40. The minimum Gasteiger partial charge on any atom is -0.482 e. The zero-order valence-corrected chi connectivity index (χ0v) is 14.3. The number of carbonyl (C=O) groups is 3. The third kappa shape index (κ3) is 2.20. The van der Waals surface area contributed by atoms with Crippen molar-refractivity contribution >= 4 is 39.4 Å². The summed E-state index contributed by atoms with van der Waals surface area (Å²) in [5.41, 5.74) is 0.0959. The molecular weight excluding hydrogens is 380 g/mol. The fourth-order valence-corrected chi connectivity index (χ4v) is 4.12. The van der Waals surface area contributed by atoms with E-state index in [4.69, 9.17) is 9.47 Å². The lowest BCUT2D eigenvalue weighted by Gasteiger charge is -2.31. The van der Waals surface area contributed by atoms with Gasteiger partial charge in [-0.1, -0.05) is 0 Å². The lowest BCUT2D eigenvalue weighted by atomic mass is 9.94. The normalized spacial score (nSPS) is 25.3. The first-order valence-corrected chi connectivity index (χ1v) is 8.56. The first-order chi connectivity index (χ1) is 11.5. The number of anilines is 1. The van der Waals surface area contributed by atoms with Crippen LogP contribution in [0, 0.1) is 0 Å². The second-order valence-corrected chi connectivity index (χ2v) is 7.00. The van der Waals surface area contributed by atoms with E-state index in [0.29, 0.717) is 47.5 Å². The molecule has 3 aliphatic heterocycles. The molecule has 0 radical (unpaired) electrons. The smallest absolute Gasteiger partial charge is 0.332 e. The molecule has 2 amide bonds. The zero-order chi connectivity index (χ0) is 16.9. The fraction of sp³-hybridized carbons (Fsp3) is 0.438. The van der Waals surface area contributed by atoms with E-state index in [1.54, 1.807) is 17.0 Å². The molecule has 24 heavy (non-hydrogen) atoms. The predicted molar refractivity (Wildman–Crippen MR) is 86.8 cm³/mol. The fourth-order valence-electron chi connectivity index (χ4n) is 3.61. The molecular formula is C16H15BrN2O5. The summed E-state index contributed by atoms with van der Waals surface area (Å²) in [6.45, 7) is 0.792. The van der Waals surface area contributed by atoms with Crippen molar-refractivity contribution in [3.8, 4) is 5.75 Å². The average Bonchev–Trinajstić information content (AvgIpc) is 3.14. The van der Waals surface area contributed by atoms with Gasteiger partial charge in [-0.15, -0.1) is 0 Å².